The molecule has 2 heterocycles. The Morgan fingerprint density at radius 2 is 2.05 bits per heavy atom. The van der Waals surface area contributed by atoms with E-state index >= 15 is 0 Å². The molecule has 2 aromatic heterocycles. The Morgan fingerprint density at radius 3 is 2.60 bits per heavy atom. The van der Waals surface area contributed by atoms with E-state index in [0.717, 1.165) is 12.8 Å². The molecule has 1 fully saturated rings. The van der Waals surface area contributed by atoms with Gasteiger partial charge in [-0.15, -0.1) is 0 Å². The molecule has 7 nitrogen and oxygen atoms in total. The average molecular weight is 277 g/mol. The third-order valence-electron chi connectivity index (χ3n) is 3.39. The summed E-state index contributed by atoms with van der Waals surface area (Å²) in [5, 5.41) is 8.26. The van der Waals surface area contributed by atoms with Crippen molar-refractivity contribution in [3.8, 4) is 0 Å². The second-order valence-electron chi connectivity index (χ2n) is 6.32. The Hall–Kier alpha value is -1.92. The highest BCUT2D eigenvalue weighted by atomic mass is 16.5. The molecule has 2 aromatic rings. The molecule has 20 heavy (non-hydrogen) atoms. The molecule has 1 saturated carbocycles. The van der Waals surface area contributed by atoms with Gasteiger partial charge >= 0.3 is 5.69 Å². The van der Waals surface area contributed by atoms with E-state index < -0.39 is 0 Å². The SMILES string of the molecule is Cc1nn(C(C)(C)C)c(=O)n1Cc1noc(C2CC2)n1. The fourth-order valence-electron chi connectivity index (χ4n) is 2.08. The van der Waals surface area contributed by atoms with Crippen molar-refractivity contribution in [2.75, 3.05) is 0 Å². The largest absolute Gasteiger partial charge is 0.346 e. The molecular formula is C13H19N5O2. The fraction of sp³-hybridized carbons (Fsp3) is 0.692. The van der Waals surface area contributed by atoms with Crippen LogP contribution in [0.2, 0.25) is 0 Å². The minimum atomic E-state index is -0.344. The van der Waals surface area contributed by atoms with Gasteiger partial charge in [-0.1, -0.05) is 5.16 Å². The lowest BCUT2D eigenvalue weighted by Gasteiger charge is -2.16. The lowest BCUT2D eigenvalue weighted by Crippen LogP contribution is -2.36. The molecule has 0 N–H and O–H groups in total. The summed E-state index contributed by atoms with van der Waals surface area (Å²) in [5.74, 6) is 2.30. The summed E-state index contributed by atoms with van der Waals surface area (Å²) in [6.07, 6.45) is 2.23. The highest BCUT2D eigenvalue weighted by Gasteiger charge is 2.30. The van der Waals surface area contributed by atoms with Crippen LogP contribution in [0.5, 0.6) is 0 Å². The lowest BCUT2D eigenvalue weighted by molar-refractivity contribution is 0.339. The Bertz CT molecular complexity index is 684. The Labute approximate surface area is 116 Å². The van der Waals surface area contributed by atoms with Gasteiger partial charge < -0.3 is 4.52 Å². The van der Waals surface area contributed by atoms with E-state index in [1.54, 1.807) is 4.57 Å². The van der Waals surface area contributed by atoms with Crippen molar-refractivity contribution in [2.45, 2.75) is 58.5 Å². The van der Waals surface area contributed by atoms with Crippen LogP contribution in [0.1, 0.15) is 57.1 Å². The van der Waals surface area contributed by atoms with Crippen molar-refractivity contribution >= 4 is 0 Å². The molecule has 1 aliphatic rings. The molecule has 0 aromatic carbocycles. The summed E-state index contributed by atoms with van der Waals surface area (Å²) in [7, 11) is 0. The van der Waals surface area contributed by atoms with Crippen molar-refractivity contribution < 1.29 is 4.52 Å². The van der Waals surface area contributed by atoms with Gasteiger partial charge in [-0.05, 0) is 40.5 Å². The zero-order valence-electron chi connectivity index (χ0n) is 12.3. The molecule has 0 aliphatic heterocycles. The van der Waals surface area contributed by atoms with Gasteiger partial charge in [0, 0.05) is 5.92 Å². The molecular weight excluding hydrogens is 258 g/mol. The van der Waals surface area contributed by atoms with Gasteiger partial charge in [0.05, 0.1) is 12.1 Å². The molecule has 7 heteroatoms. The van der Waals surface area contributed by atoms with Gasteiger partial charge in [0.15, 0.2) is 5.82 Å². The van der Waals surface area contributed by atoms with Crippen LogP contribution in [-0.4, -0.2) is 24.5 Å². The molecule has 0 radical (unpaired) electrons. The van der Waals surface area contributed by atoms with Crippen molar-refractivity contribution in [2.24, 2.45) is 0 Å². The van der Waals surface area contributed by atoms with Crippen molar-refractivity contribution in [3.05, 3.63) is 28.0 Å². The molecule has 1 aliphatic carbocycles. The van der Waals surface area contributed by atoms with Crippen LogP contribution >= 0.6 is 0 Å². The average Bonchev–Trinajstić information content (AvgIpc) is 3.04. The van der Waals surface area contributed by atoms with Crippen molar-refractivity contribution in [1.82, 2.24) is 24.5 Å². The molecule has 108 valence electrons. The van der Waals surface area contributed by atoms with Crippen molar-refractivity contribution in [3.63, 3.8) is 0 Å². The molecule has 0 unspecified atom stereocenters. The van der Waals surface area contributed by atoms with Gasteiger partial charge in [-0.3, -0.25) is 4.57 Å². The number of hydrogen-bond acceptors (Lipinski definition) is 5. The molecule has 0 atom stereocenters. The van der Waals surface area contributed by atoms with Crippen LogP contribution in [0.15, 0.2) is 9.32 Å². The maximum absolute atomic E-state index is 12.4. The smallest absolute Gasteiger partial charge is 0.339 e. The minimum Gasteiger partial charge on any atom is -0.339 e. The maximum atomic E-state index is 12.4. The topological polar surface area (TPSA) is 78.7 Å². The Kier molecular flexibility index (Phi) is 2.81. The quantitative estimate of drug-likeness (QED) is 0.847. The first-order chi connectivity index (χ1) is 9.36. The minimum absolute atomic E-state index is 0.146. The van der Waals surface area contributed by atoms with E-state index in [4.69, 9.17) is 4.52 Å². The van der Waals surface area contributed by atoms with Crippen LogP contribution in [-0.2, 0) is 12.1 Å². The highest BCUT2D eigenvalue weighted by molar-refractivity contribution is 5.02. The zero-order chi connectivity index (χ0) is 14.5. The number of hydrogen-bond donors (Lipinski definition) is 0. The number of aromatic nitrogens is 5. The first-order valence-electron chi connectivity index (χ1n) is 6.85. The van der Waals surface area contributed by atoms with Gasteiger partial charge in [-0.2, -0.15) is 10.1 Å². The van der Waals surface area contributed by atoms with Gasteiger partial charge in [-0.25, -0.2) is 9.48 Å². The Morgan fingerprint density at radius 1 is 1.35 bits per heavy atom. The summed E-state index contributed by atoms with van der Waals surface area (Å²) in [6, 6.07) is 0. The van der Waals surface area contributed by atoms with E-state index in [0.29, 0.717) is 30.0 Å². The highest BCUT2D eigenvalue weighted by Crippen LogP contribution is 2.38. The van der Waals surface area contributed by atoms with Gasteiger partial charge in [0.2, 0.25) is 5.89 Å². The third kappa shape index (κ3) is 2.28. The molecule has 0 amide bonds. The van der Waals surface area contributed by atoms with E-state index in [2.05, 4.69) is 15.2 Å². The summed E-state index contributed by atoms with van der Waals surface area (Å²) in [4.78, 5) is 16.7. The molecule has 0 saturated heterocycles. The summed E-state index contributed by atoms with van der Waals surface area (Å²) in [6.45, 7) is 7.96. The van der Waals surface area contributed by atoms with Crippen molar-refractivity contribution in [1.29, 1.82) is 0 Å². The first kappa shape index (κ1) is 13.1. The van der Waals surface area contributed by atoms with E-state index in [1.807, 2.05) is 27.7 Å². The number of nitrogens with zero attached hydrogens (tertiary/aromatic N) is 5. The zero-order valence-corrected chi connectivity index (χ0v) is 12.3. The molecule has 0 bridgehead atoms. The summed E-state index contributed by atoms with van der Waals surface area (Å²) in [5.41, 5.74) is -0.489. The second kappa shape index (κ2) is 4.29. The number of rotatable bonds is 3. The van der Waals surface area contributed by atoms with E-state index in [9.17, 15) is 4.79 Å². The third-order valence-corrected chi connectivity index (χ3v) is 3.39. The summed E-state index contributed by atoms with van der Waals surface area (Å²) >= 11 is 0. The normalized spacial score (nSPS) is 15.8. The van der Waals surface area contributed by atoms with Crippen LogP contribution in [0.3, 0.4) is 0 Å². The second-order valence-corrected chi connectivity index (χ2v) is 6.32. The predicted molar refractivity (Wildman–Crippen MR) is 71.6 cm³/mol. The molecule has 3 rings (SSSR count). The van der Waals surface area contributed by atoms with Crippen LogP contribution in [0.4, 0.5) is 0 Å². The van der Waals surface area contributed by atoms with Crippen LogP contribution in [0, 0.1) is 6.92 Å². The molecule has 0 spiro atoms. The first-order valence-corrected chi connectivity index (χ1v) is 6.85. The maximum Gasteiger partial charge on any atom is 0.346 e. The van der Waals surface area contributed by atoms with Gasteiger partial charge in [0.25, 0.3) is 0 Å². The Balaban J connectivity index is 1.90. The standard InChI is InChI=1S/C13H19N5O2/c1-8-15-18(13(2,3)4)12(19)17(8)7-10-14-11(20-16-10)9-5-6-9/h9H,5-7H2,1-4H3. The monoisotopic (exact) mass is 277 g/mol. The predicted octanol–water partition coefficient (Wildman–Crippen LogP) is 1.42. The van der Waals surface area contributed by atoms with E-state index in [1.165, 1.54) is 4.68 Å². The van der Waals surface area contributed by atoms with Crippen LogP contribution in [0.25, 0.3) is 0 Å². The van der Waals surface area contributed by atoms with E-state index in [-0.39, 0.29) is 11.2 Å². The lowest BCUT2D eigenvalue weighted by atomic mass is 10.1. The van der Waals surface area contributed by atoms with Crippen LogP contribution < -0.4 is 5.69 Å². The van der Waals surface area contributed by atoms with Gasteiger partial charge in [0.1, 0.15) is 5.82 Å². The fourth-order valence-corrected chi connectivity index (χ4v) is 2.08. The summed E-state index contributed by atoms with van der Waals surface area (Å²) < 4.78 is 8.28. The number of aryl methyl sites for hydroxylation is 1.